The number of hydrogen-bond acceptors (Lipinski definition) is 3. The van der Waals surface area contributed by atoms with Crippen molar-refractivity contribution in [1.82, 2.24) is 5.06 Å². The van der Waals surface area contributed by atoms with Gasteiger partial charge in [0.25, 0.3) is 0 Å². The molecule has 3 nitrogen and oxygen atoms in total. The zero-order chi connectivity index (χ0) is 10.1. The second-order valence-corrected chi connectivity index (χ2v) is 1.92. The Balaban J connectivity index is 0. The summed E-state index contributed by atoms with van der Waals surface area (Å²) in [6.07, 6.45) is 2.83. The van der Waals surface area contributed by atoms with E-state index < -0.39 is 5.97 Å². The van der Waals surface area contributed by atoms with Crippen molar-refractivity contribution >= 4 is 17.6 Å². The summed E-state index contributed by atoms with van der Waals surface area (Å²) in [4.78, 5) is 15.4. The van der Waals surface area contributed by atoms with E-state index in [1.165, 1.54) is 17.5 Å². The molecule has 0 radical (unpaired) electrons. The third kappa shape index (κ3) is 7.31. The van der Waals surface area contributed by atoms with E-state index in [1.807, 2.05) is 0 Å². The van der Waals surface area contributed by atoms with Crippen molar-refractivity contribution in [3.8, 4) is 0 Å². The summed E-state index contributed by atoms with van der Waals surface area (Å²) in [5.41, 5.74) is 0.258. The largest absolute Gasteiger partial charge is 0.364 e. The molecule has 0 amide bonds. The van der Waals surface area contributed by atoms with Crippen molar-refractivity contribution in [2.75, 3.05) is 20.5 Å². The molecule has 0 aliphatic rings. The topological polar surface area (TPSA) is 29.5 Å². The van der Waals surface area contributed by atoms with E-state index in [0.717, 1.165) is 0 Å². The molecule has 0 fully saturated rings. The summed E-state index contributed by atoms with van der Waals surface area (Å²) in [6.45, 7) is 6.78. The molecule has 0 aromatic heterocycles. The Morgan fingerprint density at radius 1 is 1.50 bits per heavy atom. The maximum absolute atomic E-state index is 10.7. The highest BCUT2D eigenvalue weighted by atomic mass is 35.5. The molecule has 0 atom stereocenters. The van der Waals surface area contributed by atoms with Crippen molar-refractivity contribution in [1.29, 1.82) is 0 Å². The van der Waals surface area contributed by atoms with Crippen LogP contribution in [-0.4, -0.2) is 31.5 Å². The van der Waals surface area contributed by atoms with Crippen LogP contribution in [0.3, 0.4) is 0 Å². The van der Waals surface area contributed by atoms with Gasteiger partial charge in [-0.2, -0.15) is 0 Å². The second kappa shape index (κ2) is 8.30. The first-order chi connectivity index (χ1) is 5.57. The van der Waals surface area contributed by atoms with Gasteiger partial charge in [0.1, 0.15) is 0 Å². The molecule has 0 saturated carbocycles. The van der Waals surface area contributed by atoms with Gasteiger partial charge in [-0.15, -0.1) is 16.7 Å². The molecule has 0 spiro atoms. The van der Waals surface area contributed by atoms with Crippen molar-refractivity contribution in [2.45, 2.75) is 0 Å². The quantitative estimate of drug-likeness (QED) is 0.294. The van der Waals surface area contributed by atoms with E-state index in [0.29, 0.717) is 0 Å². The molecule has 0 bridgehead atoms. The van der Waals surface area contributed by atoms with Gasteiger partial charge < -0.3 is 4.84 Å². The average Bonchev–Trinajstić information content (AvgIpc) is 2.05. The molecule has 0 aliphatic carbocycles. The lowest BCUT2D eigenvalue weighted by atomic mass is 10.3. The zero-order valence-electron chi connectivity index (χ0n) is 7.63. The molecule has 0 saturated heterocycles. The second-order valence-electron chi connectivity index (χ2n) is 1.92. The van der Waals surface area contributed by atoms with E-state index in [4.69, 9.17) is 0 Å². The van der Waals surface area contributed by atoms with Gasteiger partial charge in [0.2, 0.25) is 0 Å². The first-order valence-corrected chi connectivity index (χ1v) is 3.92. The Bertz CT molecular complexity index is 166. The van der Waals surface area contributed by atoms with Crippen LogP contribution in [0.1, 0.15) is 0 Å². The SMILES string of the molecule is C=CC(=C)C(=O)ON(C)C.CCl. The summed E-state index contributed by atoms with van der Waals surface area (Å²) in [5, 5.41) is 1.30. The van der Waals surface area contributed by atoms with Gasteiger partial charge in [-0.3, -0.25) is 0 Å². The minimum Gasteiger partial charge on any atom is -0.364 e. The van der Waals surface area contributed by atoms with Crippen molar-refractivity contribution in [2.24, 2.45) is 0 Å². The molecule has 70 valence electrons. The predicted molar refractivity (Wildman–Crippen MR) is 50.9 cm³/mol. The average molecular weight is 192 g/mol. The van der Waals surface area contributed by atoms with E-state index in [-0.39, 0.29) is 5.57 Å². The summed E-state index contributed by atoms with van der Waals surface area (Å²) in [6, 6.07) is 0. The van der Waals surface area contributed by atoms with Gasteiger partial charge in [-0.1, -0.05) is 19.2 Å². The number of alkyl halides is 1. The Kier molecular flexibility index (Phi) is 9.52. The molecular weight excluding hydrogens is 178 g/mol. The molecule has 0 heterocycles. The van der Waals surface area contributed by atoms with Crippen LogP contribution in [0.15, 0.2) is 24.8 Å². The molecule has 0 aromatic carbocycles. The molecule has 4 heteroatoms. The Morgan fingerprint density at radius 2 is 1.92 bits per heavy atom. The summed E-state index contributed by atoms with van der Waals surface area (Å²) < 4.78 is 0. The molecule has 0 unspecified atom stereocenters. The van der Waals surface area contributed by atoms with Crippen LogP contribution >= 0.6 is 11.6 Å². The van der Waals surface area contributed by atoms with Crippen molar-refractivity contribution in [3.63, 3.8) is 0 Å². The zero-order valence-corrected chi connectivity index (χ0v) is 8.39. The van der Waals surface area contributed by atoms with Gasteiger partial charge in [-0.05, 0) is 0 Å². The maximum atomic E-state index is 10.7. The number of nitrogens with zero attached hydrogens (tertiary/aromatic N) is 1. The van der Waals surface area contributed by atoms with Gasteiger partial charge >= 0.3 is 5.97 Å². The fourth-order valence-corrected chi connectivity index (χ4v) is 0.308. The normalized spacial score (nSPS) is 8.08. The summed E-state index contributed by atoms with van der Waals surface area (Å²) in [5.74, 6) is -0.472. The number of hydrogen-bond donors (Lipinski definition) is 0. The van der Waals surface area contributed by atoms with Crippen molar-refractivity contribution in [3.05, 3.63) is 24.8 Å². The first kappa shape index (κ1) is 13.8. The van der Waals surface area contributed by atoms with Crippen LogP contribution in [0.5, 0.6) is 0 Å². The highest BCUT2D eigenvalue weighted by molar-refractivity contribution is 6.15. The van der Waals surface area contributed by atoms with Gasteiger partial charge in [0.05, 0.1) is 5.57 Å². The van der Waals surface area contributed by atoms with E-state index >= 15 is 0 Å². The first-order valence-electron chi connectivity index (χ1n) is 3.16. The molecule has 0 rings (SSSR count). The minimum absolute atomic E-state index is 0.258. The van der Waals surface area contributed by atoms with Crippen molar-refractivity contribution < 1.29 is 9.63 Å². The Hall–Kier alpha value is -0.800. The van der Waals surface area contributed by atoms with Crippen LogP contribution in [0.4, 0.5) is 0 Å². The number of carbonyl (C=O) groups is 1. The minimum atomic E-state index is -0.472. The lowest BCUT2D eigenvalue weighted by Gasteiger charge is -2.08. The maximum Gasteiger partial charge on any atom is 0.356 e. The highest BCUT2D eigenvalue weighted by Crippen LogP contribution is 1.95. The van der Waals surface area contributed by atoms with Crippen LogP contribution < -0.4 is 0 Å². The summed E-state index contributed by atoms with van der Waals surface area (Å²) >= 11 is 4.64. The number of halogens is 1. The molecule has 0 N–H and O–H groups in total. The Morgan fingerprint density at radius 3 is 2.17 bits per heavy atom. The fourth-order valence-electron chi connectivity index (χ4n) is 0.308. The van der Waals surface area contributed by atoms with E-state index in [9.17, 15) is 4.79 Å². The number of rotatable bonds is 3. The van der Waals surface area contributed by atoms with Crippen LogP contribution in [0, 0.1) is 0 Å². The fraction of sp³-hybridized carbons (Fsp3) is 0.375. The number of carbonyl (C=O) groups excluding carboxylic acids is 1. The van der Waals surface area contributed by atoms with Gasteiger partial charge in [-0.25, -0.2) is 4.79 Å². The number of hydroxylamine groups is 2. The van der Waals surface area contributed by atoms with Gasteiger partial charge in [0.15, 0.2) is 0 Å². The smallest absolute Gasteiger partial charge is 0.356 e. The predicted octanol–water partition coefficient (Wildman–Crippen LogP) is 1.60. The molecular formula is C8H14ClNO2. The summed E-state index contributed by atoms with van der Waals surface area (Å²) in [7, 11) is 3.24. The molecule has 0 aliphatic heterocycles. The van der Waals surface area contributed by atoms with Crippen LogP contribution in [0.2, 0.25) is 0 Å². The lowest BCUT2D eigenvalue weighted by molar-refractivity contribution is -0.172. The monoisotopic (exact) mass is 191 g/mol. The highest BCUT2D eigenvalue weighted by Gasteiger charge is 2.04. The van der Waals surface area contributed by atoms with Crippen LogP contribution in [-0.2, 0) is 9.63 Å². The van der Waals surface area contributed by atoms with E-state index in [2.05, 4.69) is 29.6 Å². The lowest BCUT2D eigenvalue weighted by Crippen LogP contribution is -2.18. The third-order valence-electron chi connectivity index (χ3n) is 0.774. The third-order valence-corrected chi connectivity index (χ3v) is 0.774. The van der Waals surface area contributed by atoms with E-state index in [1.54, 1.807) is 14.1 Å². The molecule has 12 heavy (non-hydrogen) atoms. The van der Waals surface area contributed by atoms with Gasteiger partial charge in [0, 0.05) is 20.5 Å². The van der Waals surface area contributed by atoms with Crippen LogP contribution in [0.25, 0.3) is 0 Å². The Labute approximate surface area is 78.2 Å². The molecule has 0 aromatic rings. The standard InChI is InChI=1S/C7H11NO2.CH3Cl/c1-5-6(2)7(9)10-8(3)4;1-2/h5H,1-2H2,3-4H3;1H3.